The van der Waals surface area contributed by atoms with Crippen LogP contribution in [-0.4, -0.2) is 5.11 Å². The summed E-state index contributed by atoms with van der Waals surface area (Å²) in [6.07, 6.45) is 2.01. The van der Waals surface area contributed by atoms with Crippen molar-refractivity contribution in [1.82, 2.24) is 0 Å². The van der Waals surface area contributed by atoms with E-state index in [2.05, 4.69) is 53.7 Å². The first kappa shape index (κ1) is 15.1. The van der Waals surface area contributed by atoms with Gasteiger partial charge in [0.1, 0.15) is 5.75 Å². The van der Waals surface area contributed by atoms with Gasteiger partial charge in [0.25, 0.3) is 0 Å². The van der Waals surface area contributed by atoms with E-state index in [9.17, 15) is 5.11 Å². The molecule has 0 aliphatic heterocycles. The molecule has 1 aromatic carbocycles. The monoisotopic (exact) mass is 248 g/mol. The van der Waals surface area contributed by atoms with Crippen LogP contribution in [0.25, 0.3) is 0 Å². The van der Waals surface area contributed by atoms with Crippen LogP contribution in [0.1, 0.15) is 64.7 Å². The molecule has 18 heavy (non-hydrogen) atoms. The summed E-state index contributed by atoms with van der Waals surface area (Å²) in [5.41, 5.74) is 3.84. The van der Waals surface area contributed by atoms with Gasteiger partial charge in [0.05, 0.1) is 0 Å². The first-order chi connectivity index (χ1) is 8.07. The highest BCUT2D eigenvalue weighted by Gasteiger charge is 2.28. The predicted molar refractivity (Wildman–Crippen MR) is 79.3 cm³/mol. The van der Waals surface area contributed by atoms with Crippen molar-refractivity contribution >= 4 is 0 Å². The largest absolute Gasteiger partial charge is 0.507 e. The minimum absolute atomic E-state index is 0.140. The maximum absolute atomic E-state index is 10.0. The maximum Gasteiger partial charge on any atom is 0.121 e. The van der Waals surface area contributed by atoms with Gasteiger partial charge < -0.3 is 5.11 Å². The Morgan fingerprint density at radius 3 is 2.06 bits per heavy atom. The quantitative estimate of drug-likeness (QED) is 0.800. The van der Waals surface area contributed by atoms with E-state index in [1.807, 2.05) is 6.92 Å². The van der Waals surface area contributed by atoms with Gasteiger partial charge in [0.15, 0.2) is 0 Å². The highest BCUT2D eigenvalue weighted by molar-refractivity contribution is 5.45. The summed E-state index contributed by atoms with van der Waals surface area (Å²) in [6, 6.07) is 4.31. The Labute approximate surface area is 112 Å². The molecule has 1 N–H and O–H groups in total. The van der Waals surface area contributed by atoms with Crippen LogP contribution in [0.3, 0.4) is 0 Å². The minimum atomic E-state index is 0.140. The fourth-order valence-electron chi connectivity index (χ4n) is 2.94. The molecule has 0 heterocycles. The third kappa shape index (κ3) is 3.51. The van der Waals surface area contributed by atoms with Crippen molar-refractivity contribution in [3.05, 3.63) is 28.8 Å². The van der Waals surface area contributed by atoms with Crippen LogP contribution in [0.4, 0.5) is 0 Å². The summed E-state index contributed by atoms with van der Waals surface area (Å²) in [5.74, 6) is 0.466. The predicted octanol–water partition coefficient (Wildman–Crippen LogP) is 4.98. The molecule has 1 aromatic rings. The first-order valence-corrected chi connectivity index (χ1v) is 6.90. The third-order valence-electron chi connectivity index (χ3n) is 3.51. The van der Waals surface area contributed by atoms with Crippen LogP contribution >= 0.6 is 0 Å². The van der Waals surface area contributed by atoms with E-state index in [1.54, 1.807) is 0 Å². The van der Waals surface area contributed by atoms with Gasteiger partial charge >= 0.3 is 0 Å². The maximum atomic E-state index is 10.0. The van der Waals surface area contributed by atoms with Crippen molar-refractivity contribution in [1.29, 1.82) is 0 Å². The second kappa shape index (κ2) is 4.95. The Bertz CT molecular complexity index is 422. The van der Waals surface area contributed by atoms with Crippen molar-refractivity contribution in [2.24, 2.45) is 5.41 Å². The number of hydrogen-bond acceptors (Lipinski definition) is 1. The summed E-state index contributed by atoms with van der Waals surface area (Å²) < 4.78 is 0. The van der Waals surface area contributed by atoms with Crippen LogP contribution in [0.15, 0.2) is 12.1 Å². The molecule has 0 aliphatic rings. The van der Waals surface area contributed by atoms with Gasteiger partial charge in [-0.25, -0.2) is 0 Å². The molecule has 0 aliphatic carbocycles. The normalized spacial score (nSPS) is 12.8. The number of hydrogen-bond donors (Lipinski definition) is 1. The molecule has 0 aromatic heterocycles. The number of benzene rings is 1. The van der Waals surface area contributed by atoms with E-state index in [-0.39, 0.29) is 5.41 Å². The van der Waals surface area contributed by atoms with Crippen molar-refractivity contribution in [3.8, 4) is 5.75 Å². The Balaban J connectivity index is 3.20. The molecule has 0 atom stereocenters. The lowest BCUT2D eigenvalue weighted by Gasteiger charge is -2.33. The number of aromatic hydroxyl groups is 1. The minimum Gasteiger partial charge on any atom is -0.507 e. The molecular formula is C17H28O. The van der Waals surface area contributed by atoms with Gasteiger partial charge in [0.2, 0.25) is 0 Å². The Hall–Kier alpha value is -0.980. The molecule has 1 rings (SSSR count). The molecule has 0 bridgehead atoms. The second-order valence-corrected chi connectivity index (χ2v) is 7.28. The first-order valence-electron chi connectivity index (χ1n) is 6.90. The molecule has 102 valence electrons. The van der Waals surface area contributed by atoms with Crippen molar-refractivity contribution in [3.63, 3.8) is 0 Å². The molecule has 1 nitrogen and oxygen atoms in total. The van der Waals surface area contributed by atoms with Gasteiger partial charge in [-0.05, 0) is 47.3 Å². The molecule has 0 spiro atoms. The van der Waals surface area contributed by atoms with Crippen molar-refractivity contribution in [2.75, 3.05) is 0 Å². The van der Waals surface area contributed by atoms with E-state index in [0.29, 0.717) is 11.2 Å². The summed E-state index contributed by atoms with van der Waals surface area (Å²) in [4.78, 5) is 0. The van der Waals surface area contributed by atoms with E-state index >= 15 is 0 Å². The molecule has 0 saturated heterocycles. The van der Waals surface area contributed by atoms with E-state index in [0.717, 1.165) is 24.0 Å². The highest BCUT2D eigenvalue weighted by atomic mass is 16.3. The number of phenols is 1. The molecule has 0 fully saturated rings. The molecule has 0 amide bonds. The molecular weight excluding hydrogens is 220 g/mol. The van der Waals surface area contributed by atoms with Crippen LogP contribution < -0.4 is 0 Å². The molecule has 0 unspecified atom stereocenters. The lowest BCUT2D eigenvalue weighted by molar-refractivity contribution is 0.284. The fourth-order valence-corrected chi connectivity index (χ4v) is 2.94. The SMILES string of the molecule is CCc1cc(C(C)(C)CC(C)(C)C)cc(C)c1O. The number of rotatable bonds is 3. The zero-order valence-electron chi connectivity index (χ0n) is 13.0. The van der Waals surface area contributed by atoms with Gasteiger partial charge in [-0.3, -0.25) is 0 Å². The average molecular weight is 248 g/mol. The Morgan fingerprint density at radius 1 is 1.06 bits per heavy atom. The average Bonchev–Trinajstić information content (AvgIpc) is 2.18. The lowest BCUT2D eigenvalue weighted by atomic mass is 9.71. The lowest BCUT2D eigenvalue weighted by Crippen LogP contribution is -2.25. The van der Waals surface area contributed by atoms with E-state index in [1.165, 1.54) is 5.56 Å². The van der Waals surface area contributed by atoms with Gasteiger partial charge in [-0.15, -0.1) is 0 Å². The molecule has 0 saturated carbocycles. The summed E-state index contributed by atoms with van der Waals surface area (Å²) in [6.45, 7) is 15.5. The summed E-state index contributed by atoms with van der Waals surface area (Å²) in [5, 5.41) is 10.0. The van der Waals surface area contributed by atoms with Crippen LogP contribution in [0.5, 0.6) is 5.75 Å². The number of aryl methyl sites for hydroxylation is 2. The van der Waals surface area contributed by atoms with Gasteiger partial charge in [0, 0.05) is 0 Å². The summed E-state index contributed by atoms with van der Waals surface area (Å²) >= 11 is 0. The van der Waals surface area contributed by atoms with Crippen LogP contribution in [0, 0.1) is 12.3 Å². The Morgan fingerprint density at radius 2 is 1.61 bits per heavy atom. The van der Waals surface area contributed by atoms with Crippen LogP contribution in [0.2, 0.25) is 0 Å². The molecule has 0 radical (unpaired) electrons. The van der Waals surface area contributed by atoms with Gasteiger partial charge in [-0.1, -0.05) is 53.7 Å². The van der Waals surface area contributed by atoms with E-state index in [4.69, 9.17) is 0 Å². The van der Waals surface area contributed by atoms with Crippen molar-refractivity contribution < 1.29 is 5.11 Å². The summed E-state index contributed by atoms with van der Waals surface area (Å²) in [7, 11) is 0. The smallest absolute Gasteiger partial charge is 0.121 e. The number of phenolic OH excluding ortho intramolecular Hbond substituents is 1. The van der Waals surface area contributed by atoms with E-state index < -0.39 is 0 Å². The zero-order chi connectivity index (χ0) is 14.1. The standard InChI is InChI=1S/C17H28O/c1-8-13-10-14(9-12(2)15(13)18)17(6,7)11-16(3,4)5/h9-10,18H,8,11H2,1-7H3. The molecule has 1 heteroatoms. The second-order valence-electron chi connectivity index (χ2n) is 7.28. The van der Waals surface area contributed by atoms with Crippen LogP contribution in [-0.2, 0) is 11.8 Å². The van der Waals surface area contributed by atoms with Crippen molar-refractivity contribution in [2.45, 2.75) is 66.7 Å². The third-order valence-corrected chi connectivity index (χ3v) is 3.51. The topological polar surface area (TPSA) is 20.2 Å². The van der Waals surface area contributed by atoms with Gasteiger partial charge in [-0.2, -0.15) is 0 Å². The zero-order valence-corrected chi connectivity index (χ0v) is 13.0. The fraction of sp³-hybridized carbons (Fsp3) is 0.647. The Kier molecular flexibility index (Phi) is 4.15. The highest BCUT2D eigenvalue weighted by Crippen LogP contribution is 2.38.